The van der Waals surface area contributed by atoms with Crippen LogP contribution in [0.25, 0.3) is 0 Å². The van der Waals surface area contributed by atoms with Crippen LogP contribution in [-0.2, 0) is 10.0 Å². The molecule has 0 spiro atoms. The molecule has 0 unspecified atom stereocenters. The third-order valence-electron chi connectivity index (χ3n) is 3.50. The molecule has 0 aromatic heterocycles. The number of methoxy groups -OCH3 is 1. The zero-order valence-corrected chi connectivity index (χ0v) is 15.4. The Hall–Kier alpha value is -1.35. The molecule has 1 aromatic rings. The molecule has 7 nitrogen and oxygen atoms in total. The van der Waals surface area contributed by atoms with Gasteiger partial charge in [0.05, 0.1) is 7.11 Å². The average Bonchev–Trinajstić information content (AvgIpc) is 3.34. The van der Waals surface area contributed by atoms with Crippen LogP contribution >= 0.6 is 12.4 Å². The number of sulfonamides is 1. The molecule has 1 saturated carbocycles. The van der Waals surface area contributed by atoms with Gasteiger partial charge in [0.25, 0.3) is 5.91 Å². The molecular formula is C15H24ClN3O4S. The Bertz CT molecular complexity index is 663. The summed E-state index contributed by atoms with van der Waals surface area (Å²) in [6.07, 6.45) is 2.48. The van der Waals surface area contributed by atoms with Gasteiger partial charge < -0.3 is 15.4 Å². The molecule has 136 valence electrons. The lowest BCUT2D eigenvalue weighted by Gasteiger charge is -2.12. The number of hydrogen-bond acceptors (Lipinski definition) is 5. The van der Waals surface area contributed by atoms with Crippen LogP contribution in [0, 0.1) is 0 Å². The van der Waals surface area contributed by atoms with Crippen molar-refractivity contribution in [2.24, 2.45) is 0 Å². The predicted molar refractivity (Wildman–Crippen MR) is 94.5 cm³/mol. The summed E-state index contributed by atoms with van der Waals surface area (Å²) in [5.41, 5.74) is 0.298. The van der Waals surface area contributed by atoms with Crippen LogP contribution in [0.15, 0.2) is 23.1 Å². The van der Waals surface area contributed by atoms with Gasteiger partial charge in [-0.25, -0.2) is 13.1 Å². The zero-order valence-electron chi connectivity index (χ0n) is 13.8. The van der Waals surface area contributed by atoms with Crippen molar-refractivity contribution in [2.75, 3.05) is 27.2 Å². The van der Waals surface area contributed by atoms with E-state index in [1.807, 2.05) is 7.05 Å². The Kier molecular flexibility index (Phi) is 7.95. The number of nitrogens with one attached hydrogen (secondary N) is 3. The minimum Gasteiger partial charge on any atom is -0.495 e. The molecule has 2 rings (SSSR count). The van der Waals surface area contributed by atoms with Gasteiger partial charge in [-0.05, 0) is 51.1 Å². The van der Waals surface area contributed by atoms with Crippen molar-refractivity contribution in [1.82, 2.24) is 15.4 Å². The van der Waals surface area contributed by atoms with Crippen molar-refractivity contribution in [2.45, 2.75) is 30.2 Å². The molecule has 0 aliphatic heterocycles. The maximum Gasteiger partial charge on any atom is 0.251 e. The van der Waals surface area contributed by atoms with Gasteiger partial charge in [-0.15, -0.1) is 12.4 Å². The lowest BCUT2D eigenvalue weighted by atomic mass is 10.2. The molecule has 1 aliphatic rings. The highest BCUT2D eigenvalue weighted by atomic mass is 35.5. The fourth-order valence-corrected chi connectivity index (χ4v) is 3.58. The van der Waals surface area contributed by atoms with Crippen LogP contribution in [0.3, 0.4) is 0 Å². The molecular weight excluding hydrogens is 354 g/mol. The van der Waals surface area contributed by atoms with Gasteiger partial charge in [0.15, 0.2) is 0 Å². The first-order chi connectivity index (χ1) is 11.0. The molecule has 9 heteroatoms. The number of benzene rings is 1. The van der Waals surface area contributed by atoms with Crippen LogP contribution < -0.4 is 20.1 Å². The Morgan fingerprint density at radius 3 is 2.58 bits per heavy atom. The van der Waals surface area contributed by atoms with Gasteiger partial charge in [-0.2, -0.15) is 0 Å². The maximum absolute atomic E-state index is 12.4. The highest BCUT2D eigenvalue weighted by Gasteiger charge is 2.30. The van der Waals surface area contributed by atoms with E-state index in [9.17, 15) is 13.2 Å². The minimum absolute atomic E-state index is 0. The van der Waals surface area contributed by atoms with E-state index in [0.717, 1.165) is 25.8 Å². The van der Waals surface area contributed by atoms with E-state index in [1.165, 1.54) is 19.2 Å². The summed E-state index contributed by atoms with van der Waals surface area (Å²) < 4.78 is 32.5. The van der Waals surface area contributed by atoms with Crippen molar-refractivity contribution >= 4 is 28.3 Å². The van der Waals surface area contributed by atoms with Crippen LogP contribution in [0.4, 0.5) is 0 Å². The lowest BCUT2D eigenvalue weighted by Crippen LogP contribution is -2.28. The number of ether oxygens (including phenoxy) is 1. The van der Waals surface area contributed by atoms with E-state index in [2.05, 4.69) is 15.4 Å². The topological polar surface area (TPSA) is 96.5 Å². The van der Waals surface area contributed by atoms with Crippen molar-refractivity contribution in [3.05, 3.63) is 23.8 Å². The molecule has 1 aromatic carbocycles. The minimum atomic E-state index is -3.69. The number of carbonyl (C=O) groups excluding carboxylic acids is 1. The first kappa shape index (κ1) is 20.7. The van der Waals surface area contributed by atoms with E-state index < -0.39 is 10.0 Å². The second-order valence-corrected chi connectivity index (χ2v) is 7.16. The quantitative estimate of drug-likeness (QED) is 0.555. The highest BCUT2D eigenvalue weighted by Crippen LogP contribution is 2.28. The molecule has 0 atom stereocenters. The number of amides is 1. The van der Waals surface area contributed by atoms with Crippen molar-refractivity contribution in [3.63, 3.8) is 0 Å². The fourth-order valence-electron chi connectivity index (χ4n) is 2.08. The summed E-state index contributed by atoms with van der Waals surface area (Å²) >= 11 is 0. The van der Waals surface area contributed by atoms with E-state index in [-0.39, 0.29) is 35.0 Å². The first-order valence-electron chi connectivity index (χ1n) is 7.61. The Labute approximate surface area is 149 Å². The SMILES string of the molecule is CNCCCNC(=O)c1ccc(OC)c(S(=O)(=O)NC2CC2)c1.Cl. The van der Waals surface area contributed by atoms with Gasteiger partial charge in [0, 0.05) is 18.2 Å². The Morgan fingerprint density at radius 2 is 2.00 bits per heavy atom. The van der Waals surface area contributed by atoms with Gasteiger partial charge in [-0.3, -0.25) is 4.79 Å². The van der Waals surface area contributed by atoms with E-state index in [0.29, 0.717) is 12.1 Å². The second kappa shape index (κ2) is 9.22. The molecule has 0 heterocycles. The molecule has 24 heavy (non-hydrogen) atoms. The molecule has 1 amide bonds. The van der Waals surface area contributed by atoms with E-state index >= 15 is 0 Å². The summed E-state index contributed by atoms with van der Waals surface area (Å²) in [6.45, 7) is 1.32. The number of carbonyl (C=O) groups is 1. The monoisotopic (exact) mass is 377 g/mol. The molecule has 1 fully saturated rings. The molecule has 0 bridgehead atoms. The molecule has 0 saturated heterocycles. The number of hydrogen-bond donors (Lipinski definition) is 3. The maximum atomic E-state index is 12.4. The third-order valence-corrected chi connectivity index (χ3v) is 5.05. The summed E-state index contributed by atoms with van der Waals surface area (Å²) in [7, 11) is -0.442. The Balaban J connectivity index is 0.00000288. The Morgan fingerprint density at radius 1 is 1.29 bits per heavy atom. The standard InChI is InChI=1S/C15H23N3O4S.ClH/c1-16-8-3-9-17-15(19)11-4-7-13(22-2)14(10-11)23(20,21)18-12-5-6-12;/h4,7,10,12,16,18H,3,5-6,8-9H2,1-2H3,(H,17,19);1H. The summed E-state index contributed by atoms with van der Waals surface area (Å²) in [6, 6.07) is 4.41. The molecule has 0 radical (unpaired) electrons. The summed E-state index contributed by atoms with van der Waals surface area (Å²) in [5.74, 6) is -0.0727. The van der Waals surface area contributed by atoms with Crippen molar-refractivity contribution in [1.29, 1.82) is 0 Å². The van der Waals surface area contributed by atoms with Crippen molar-refractivity contribution < 1.29 is 17.9 Å². The van der Waals surface area contributed by atoms with Gasteiger partial charge >= 0.3 is 0 Å². The number of rotatable bonds is 9. The normalized spacial score (nSPS) is 13.9. The van der Waals surface area contributed by atoms with E-state index in [1.54, 1.807) is 6.07 Å². The smallest absolute Gasteiger partial charge is 0.251 e. The highest BCUT2D eigenvalue weighted by molar-refractivity contribution is 7.89. The lowest BCUT2D eigenvalue weighted by molar-refractivity contribution is 0.0953. The van der Waals surface area contributed by atoms with Crippen molar-refractivity contribution in [3.8, 4) is 5.75 Å². The van der Waals surface area contributed by atoms with Gasteiger partial charge in [-0.1, -0.05) is 0 Å². The molecule has 1 aliphatic carbocycles. The number of halogens is 1. The van der Waals surface area contributed by atoms with Crippen LogP contribution in [-0.4, -0.2) is 47.6 Å². The van der Waals surface area contributed by atoms with Crippen LogP contribution in [0.2, 0.25) is 0 Å². The van der Waals surface area contributed by atoms with Crippen LogP contribution in [0.5, 0.6) is 5.75 Å². The zero-order chi connectivity index (χ0) is 16.9. The van der Waals surface area contributed by atoms with Crippen LogP contribution in [0.1, 0.15) is 29.6 Å². The predicted octanol–water partition coefficient (Wildman–Crippen LogP) is 0.897. The summed E-state index contributed by atoms with van der Waals surface area (Å²) in [5, 5.41) is 5.76. The fraction of sp³-hybridized carbons (Fsp3) is 0.533. The van der Waals surface area contributed by atoms with Gasteiger partial charge in [0.1, 0.15) is 10.6 Å². The average molecular weight is 378 g/mol. The van der Waals surface area contributed by atoms with Gasteiger partial charge in [0.2, 0.25) is 10.0 Å². The summed E-state index contributed by atoms with van der Waals surface area (Å²) in [4.78, 5) is 12.1. The first-order valence-corrected chi connectivity index (χ1v) is 9.09. The molecule has 3 N–H and O–H groups in total. The largest absolute Gasteiger partial charge is 0.495 e. The van der Waals surface area contributed by atoms with E-state index in [4.69, 9.17) is 4.74 Å². The second-order valence-electron chi connectivity index (χ2n) is 5.47. The third kappa shape index (κ3) is 5.62.